The van der Waals surface area contributed by atoms with Crippen molar-refractivity contribution >= 4 is 11.0 Å². The van der Waals surface area contributed by atoms with E-state index < -0.39 is 0 Å². The van der Waals surface area contributed by atoms with Gasteiger partial charge < -0.3 is 10.7 Å². The van der Waals surface area contributed by atoms with E-state index in [2.05, 4.69) is 35.1 Å². The molecule has 0 saturated heterocycles. The van der Waals surface area contributed by atoms with Crippen LogP contribution in [0.1, 0.15) is 56.3 Å². The summed E-state index contributed by atoms with van der Waals surface area (Å²) in [4.78, 5) is 8.00. The van der Waals surface area contributed by atoms with Gasteiger partial charge in [0, 0.05) is 6.42 Å². The molecule has 20 heavy (non-hydrogen) atoms. The second-order valence-corrected chi connectivity index (χ2v) is 6.05. The number of nitrogens with zero attached hydrogens (tertiary/aromatic N) is 1. The van der Waals surface area contributed by atoms with Crippen LogP contribution in [0.4, 0.5) is 0 Å². The summed E-state index contributed by atoms with van der Waals surface area (Å²) in [5, 5.41) is 0. The van der Waals surface area contributed by atoms with E-state index in [-0.39, 0.29) is 0 Å². The molecule has 0 aliphatic heterocycles. The average Bonchev–Trinajstić information content (AvgIpc) is 2.91. The third kappa shape index (κ3) is 2.59. The van der Waals surface area contributed by atoms with E-state index in [1.54, 1.807) is 0 Å². The number of nitrogens with one attached hydrogen (secondary N) is 1. The van der Waals surface area contributed by atoms with Crippen LogP contribution in [0.3, 0.4) is 0 Å². The molecule has 3 nitrogen and oxygen atoms in total. The highest BCUT2D eigenvalue weighted by Gasteiger charge is 2.24. The summed E-state index contributed by atoms with van der Waals surface area (Å²) in [5.74, 6) is 2.34. The molecular formula is C17H25N3. The maximum Gasteiger partial charge on any atom is 0.106 e. The van der Waals surface area contributed by atoms with E-state index >= 15 is 0 Å². The number of aryl methyl sites for hydroxylation is 1. The first kappa shape index (κ1) is 13.6. The number of imidazole rings is 1. The van der Waals surface area contributed by atoms with Crippen molar-refractivity contribution in [1.29, 1.82) is 0 Å². The van der Waals surface area contributed by atoms with E-state index in [4.69, 9.17) is 5.73 Å². The minimum Gasteiger partial charge on any atom is -0.342 e. The molecule has 3 rings (SSSR count). The standard InChI is InChI=1S/C17H25N3/c1-2-17-19-15-9-8-13(10-16(15)20-17)14(11-18)12-6-4-3-5-7-12/h8-10,12,14H,2-7,11,18H2,1H3,(H,19,20). The molecule has 1 aliphatic carbocycles. The van der Waals surface area contributed by atoms with Crippen LogP contribution in [-0.4, -0.2) is 16.5 Å². The zero-order chi connectivity index (χ0) is 13.9. The largest absolute Gasteiger partial charge is 0.342 e. The Balaban J connectivity index is 1.90. The third-order valence-corrected chi connectivity index (χ3v) is 4.79. The van der Waals surface area contributed by atoms with Gasteiger partial charge in [-0.25, -0.2) is 4.98 Å². The van der Waals surface area contributed by atoms with Crippen LogP contribution in [0.2, 0.25) is 0 Å². The van der Waals surface area contributed by atoms with E-state index in [0.29, 0.717) is 5.92 Å². The van der Waals surface area contributed by atoms with Crippen LogP contribution in [0, 0.1) is 5.92 Å². The summed E-state index contributed by atoms with van der Waals surface area (Å²) < 4.78 is 0. The molecule has 1 atom stereocenters. The highest BCUT2D eigenvalue weighted by molar-refractivity contribution is 5.76. The monoisotopic (exact) mass is 271 g/mol. The van der Waals surface area contributed by atoms with Crippen LogP contribution in [0.15, 0.2) is 18.2 Å². The summed E-state index contributed by atoms with van der Waals surface area (Å²) in [7, 11) is 0. The number of benzene rings is 1. The number of fused-ring (bicyclic) bond motifs is 1. The smallest absolute Gasteiger partial charge is 0.106 e. The maximum atomic E-state index is 6.09. The lowest BCUT2D eigenvalue weighted by Gasteiger charge is -2.29. The molecule has 1 aliphatic rings. The van der Waals surface area contributed by atoms with E-state index in [9.17, 15) is 0 Å². The lowest BCUT2D eigenvalue weighted by Crippen LogP contribution is -2.23. The van der Waals surface area contributed by atoms with Gasteiger partial charge in [0.25, 0.3) is 0 Å². The Kier molecular flexibility index (Phi) is 4.06. The van der Waals surface area contributed by atoms with Crippen LogP contribution >= 0.6 is 0 Å². The lowest BCUT2D eigenvalue weighted by atomic mass is 9.77. The molecule has 0 radical (unpaired) electrons. The quantitative estimate of drug-likeness (QED) is 0.890. The normalized spacial score (nSPS) is 18.5. The Morgan fingerprint density at radius 3 is 2.80 bits per heavy atom. The number of aromatic nitrogens is 2. The average molecular weight is 271 g/mol. The Hall–Kier alpha value is -1.35. The summed E-state index contributed by atoms with van der Waals surface area (Å²) in [6, 6.07) is 6.65. The number of aromatic amines is 1. The summed E-state index contributed by atoms with van der Waals surface area (Å²) in [6.45, 7) is 2.88. The van der Waals surface area contributed by atoms with Crippen molar-refractivity contribution < 1.29 is 0 Å². The number of H-pyrrole nitrogens is 1. The first-order valence-corrected chi connectivity index (χ1v) is 8.00. The minimum atomic E-state index is 0.507. The molecule has 1 saturated carbocycles. The van der Waals surface area contributed by atoms with E-state index in [0.717, 1.165) is 35.7 Å². The van der Waals surface area contributed by atoms with Gasteiger partial charge in [-0.1, -0.05) is 32.3 Å². The Bertz CT molecular complexity index is 567. The van der Waals surface area contributed by atoms with Gasteiger partial charge in [-0.05, 0) is 48.9 Å². The van der Waals surface area contributed by atoms with Crippen molar-refractivity contribution in [2.24, 2.45) is 11.7 Å². The fraction of sp³-hybridized carbons (Fsp3) is 0.588. The molecule has 1 heterocycles. The molecule has 1 fully saturated rings. The third-order valence-electron chi connectivity index (χ3n) is 4.79. The van der Waals surface area contributed by atoms with Crippen molar-refractivity contribution in [3.8, 4) is 0 Å². The Labute approximate surface area is 121 Å². The molecule has 3 N–H and O–H groups in total. The van der Waals surface area contributed by atoms with Gasteiger partial charge in [0.15, 0.2) is 0 Å². The summed E-state index contributed by atoms with van der Waals surface area (Å²) in [6.07, 6.45) is 7.76. The Morgan fingerprint density at radius 1 is 1.30 bits per heavy atom. The van der Waals surface area contributed by atoms with Crippen LogP contribution < -0.4 is 5.73 Å². The topological polar surface area (TPSA) is 54.7 Å². The zero-order valence-electron chi connectivity index (χ0n) is 12.4. The number of hydrogen-bond acceptors (Lipinski definition) is 2. The second kappa shape index (κ2) is 5.96. The SMILES string of the molecule is CCc1nc2ccc(C(CN)C3CCCCC3)cc2[nH]1. The zero-order valence-corrected chi connectivity index (χ0v) is 12.4. The highest BCUT2D eigenvalue weighted by Crippen LogP contribution is 2.36. The summed E-state index contributed by atoms with van der Waals surface area (Å²) in [5.41, 5.74) is 9.71. The Morgan fingerprint density at radius 2 is 2.10 bits per heavy atom. The molecule has 0 spiro atoms. The minimum absolute atomic E-state index is 0.507. The molecule has 0 bridgehead atoms. The van der Waals surface area contributed by atoms with Gasteiger partial charge in [-0.15, -0.1) is 0 Å². The molecule has 1 aromatic carbocycles. The molecular weight excluding hydrogens is 246 g/mol. The molecule has 0 amide bonds. The number of nitrogens with two attached hydrogens (primary N) is 1. The highest BCUT2D eigenvalue weighted by atomic mass is 14.9. The molecule has 1 unspecified atom stereocenters. The van der Waals surface area contributed by atoms with Gasteiger partial charge >= 0.3 is 0 Å². The van der Waals surface area contributed by atoms with Crippen molar-refractivity contribution in [3.63, 3.8) is 0 Å². The maximum absolute atomic E-state index is 6.09. The van der Waals surface area contributed by atoms with Gasteiger partial charge in [-0.3, -0.25) is 0 Å². The molecule has 1 aromatic heterocycles. The number of rotatable bonds is 4. The number of hydrogen-bond donors (Lipinski definition) is 2. The first-order valence-electron chi connectivity index (χ1n) is 8.00. The van der Waals surface area contributed by atoms with Crippen LogP contribution in [0.25, 0.3) is 11.0 Å². The van der Waals surface area contributed by atoms with Gasteiger partial charge in [0.05, 0.1) is 11.0 Å². The predicted octanol–water partition coefficient (Wildman–Crippen LogP) is 3.75. The van der Waals surface area contributed by atoms with E-state index in [1.807, 2.05) is 0 Å². The van der Waals surface area contributed by atoms with Gasteiger partial charge in [0.2, 0.25) is 0 Å². The van der Waals surface area contributed by atoms with Crippen LogP contribution in [-0.2, 0) is 6.42 Å². The van der Waals surface area contributed by atoms with Crippen molar-refractivity contribution in [3.05, 3.63) is 29.6 Å². The lowest BCUT2D eigenvalue weighted by molar-refractivity contribution is 0.307. The van der Waals surface area contributed by atoms with Crippen LogP contribution in [0.5, 0.6) is 0 Å². The van der Waals surface area contributed by atoms with Crippen molar-refractivity contribution in [2.45, 2.75) is 51.4 Å². The predicted molar refractivity (Wildman–Crippen MR) is 83.8 cm³/mol. The second-order valence-electron chi connectivity index (χ2n) is 6.05. The van der Waals surface area contributed by atoms with Gasteiger partial charge in [0.1, 0.15) is 5.82 Å². The molecule has 2 aromatic rings. The van der Waals surface area contributed by atoms with Crippen molar-refractivity contribution in [1.82, 2.24) is 9.97 Å². The fourth-order valence-corrected chi connectivity index (χ4v) is 3.62. The summed E-state index contributed by atoms with van der Waals surface area (Å²) >= 11 is 0. The molecule has 108 valence electrons. The van der Waals surface area contributed by atoms with Crippen molar-refractivity contribution in [2.75, 3.05) is 6.54 Å². The molecule has 3 heteroatoms. The fourth-order valence-electron chi connectivity index (χ4n) is 3.62. The van der Waals surface area contributed by atoms with Gasteiger partial charge in [-0.2, -0.15) is 0 Å². The van der Waals surface area contributed by atoms with E-state index in [1.165, 1.54) is 37.7 Å². The first-order chi connectivity index (χ1) is 9.81.